The lowest BCUT2D eigenvalue weighted by Crippen LogP contribution is -2.58. The number of carbonyl (C=O) groups is 2. The molecule has 0 spiro atoms. The van der Waals surface area contributed by atoms with E-state index in [0.717, 1.165) is 32.1 Å². The van der Waals surface area contributed by atoms with E-state index in [0.29, 0.717) is 6.54 Å². The second kappa shape index (κ2) is 5.65. The van der Waals surface area contributed by atoms with Gasteiger partial charge in [-0.1, -0.05) is 0 Å². The molecule has 6 heteroatoms. The monoisotopic (exact) mass is 324 g/mol. The van der Waals surface area contributed by atoms with Crippen LogP contribution in [0.4, 0.5) is 4.79 Å². The van der Waals surface area contributed by atoms with Crippen LogP contribution in [0.3, 0.4) is 0 Å². The van der Waals surface area contributed by atoms with Gasteiger partial charge in [-0.25, -0.2) is 4.79 Å². The average Bonchev–Trinajstić information content (AvgIpc) is 3.35. The molecule has 1 unspecified atom stereocenters. The van der Waals surface area contributed by atoms with Crippen molar-refractivity contribution in [2.75, 3.05) is 6.54 Å². The van der Waals surface area contributed by atoms with Gasteiger partial charge in [0.1, 0.15) is 5.60 Å². The molecule has 3 aliphatic rings. The summed E-state index contributed by atoms with van der Waals surface area (Å²) >= 11 is 0. The van der Waals surface area contributed by atoms with Crippen molar-refractivity contribution < 1.29 is 19.1 Å². The van der Waals surface area contributed by atoms with Crippen molar-refractivity contribution >= 4 is 12.0 Å². The Morgan fingerprint density at radius 1 is 1.26 bits per heavy atom. The van der Waals surface area contributed by atoms with Crippen molar-refractivity contribution in [2.24, 2.45) is 0 Å². The molecule has 1 aliphatic carbocycles. The molecule has 3 rings (SSSR count). The van der Waals surface area contributed by atoms with Crippen LogP contribution in [0.1, 0.15) is 59.8 Å². The quantitative estimate of drug-likeness (QED) is 0.808. The summed E-state index contributed by atoms with van der Waals surface area (Å²) in [7, 11) is 0. The Balaban J connectivity index is 1.68. The minimum atomic E-state index is -0.504. The van der Waals surface area contributed by atoms with E-state index in [-0.39, 0.29) is 35.8 Å². The van der Waals surface area contributed by atoms with Crippen LogP contribution in [-0.4, -0.2) is 52.8 Å². The normalized spacial score (nSPS) is 32.2. The molecule has 3 atom stereocenters. The Kier molecular flexibility index (Phi) is 4.07. The first kappa shape index (κ1) is 16.6. The third-order valence-corrected chi connectivity index (χ3v) is 4.90. The standard InChI is InChI=1S/C17H28N2O4/c1-11-13(22-11)14(20)18-17(8-9-17)12-7-5-6-10-19(12)15(21)23-16(2,3)4/h11-13H,5-10H2,1-4H3,(H,18,20)/t11-,12?,13+/m0/s1. The number of carbonyl (C=O) groups excluding carboxylic acids is 2. The number of nitrogens with zero attached hydrogens (tertiary/aromatic N) is 1. The molecule has 1 N–H and O–H groups in total. The Bertz CT molecular complexity index is 495. The molecule has 2 heterocycles. The summed E-state index contributed by atoms with van der Waals surface area (Å²) in [4.78, 5) is 26.6. The van der Waals surface area contributed by atoms with E-state index >= 15 is 0 Å². The molecule has 2 saturated heterocycles. The molecular weight excluding hydrogens is 296 g/mol. The van der Waals surface area contributed by atoms with Crippen molar-refractivity contribution in [2.45, 2.75) is 89.2 Å². The lowest BCUT2D eigenvalue weighted by molar-refractivity contribution is -0.124. The minimum absolute atomic E-state index is 0.0131. The summed E-state index contributed by atoms with van der Waals surface area (Å²) in [5, 5.41) is 3.16. The maximum Gasteiger partial charge on any atom is 0.410 e. The second-order valence-corrected chi connectivity index (χ2v) is 8.09. The fourth-order valence-electron chi connectivity index (χ4n) is 3.50. The highest BCUT2D eigenvalue weighted by atomic mass is 16.6. The maximum atomic E-state index is 12.5. The highest BCUT2D eigenvalue weighted by Gasteiger charge is 2.56. The maximum absolute atomic E-state index is 12.5. The van der Waals surface area contributed by atoms with E-state index in [4.69, 9.17) is 9.47 Å². The first-order valence-corrected chi connectivity index (χ1v) is 8.69. The summed E-state index contributed by atoms with van der Waals surface area (Å²) in [6, 6.07) is 0.0316. The summed E-state index contributed by atoms with van der Waals surface area (Å²) in [6.45, 7) is 8.24. The molecule has 0 aromatic heterocycles. The Morgan fingerprint density at radius 2 is 1.91 bits per heavy atom. The molecule has 1 saturated carbocycles. The van der Waals surface area contributed by atoms with E-state index in [1.54, 1.807) is 0 Å². The first-order valence-electron chi connectivity index (χ1n) is 8.69. The number of likely N-dealkylation sites (tertiary alicyclic amines) is 1. The zero-order valence-corrected chi connectivity index (χ0v) is 14.6. The summed E-state index contributed by atoms with van der Waals surface area (Å²) < 4.78 is 10.8. The van der Waals surface area contributed by atoms with Crippen molar-refractivity contribution in [3.05, 3.63) is 0 Å². The molecule has 0 aromatic carbocycles. The SMILES string of the molecule is C[C@@H]1O[C@H]1C(=O)NC1(C2CCCCN2C(=O)OC(C)(C)C)CC1. The Hall–Kier alpha value is -1.30. The summed E-state index contributed by atoms with van der Waals surface area (Å²) in [5.41, 5.74) is -0.781. The number of rotatable bonds is 3. The highest BCUT2D eigenvalue weighted by Crippen LogP contribution is 2.45. The van der Waals surface area contributed by atoms with E-state index in [1.165, 1.54) is 0 Å². The number of epoxide rings is 1. The number of piperidine rings is 1. The summed E-state index contributed by atoms with van der Waals surface area (Å²) in [5.74, 6) is -0.0373. The molecule has 0 radical (unpaired) electrons. The number of nitrogens with one attached hydrogen (secondary N) is 1. The third kappa shape index (κ3) is 3.62. The molecular formula is C17H28N2O4. The van der Waals surface area contributed by atoms with Crippen molar-refractivity contribution in [1.29, 1.82) is 0 Å². The van der Waals surface area contributed by atoms with Crippen molar-refractivity contribution in [1.82, 2.24) is 10.2 Å². The van der Waals surface area contributed by atoms with Crippen LogP contribution in [0.5, 0.6) is 0 Å². The van der Waals surface area contributed by atoms with Crippen LogP contribution >= 0.6 is 0 Å². The Labute approximate surface area is 137 Å². The number of hydrogen-bond donors (Lipinski definition) is 1. The van der Waals surface area contributed by atoms with Gasteiger partial charge in [-0.3, -0.25) is 4.79 Å². The van der Waals surface area contributed by atoms with Crippen LogP contribution in [0.25, 0.3) is 0 Å². The highest BCUT2D eigenvalue weighted by molar-refractivity contribution is 5.85. The minimum Gasteiger partial charge on any atom is -0.444 e. The molecule has 2 amide bonds. The van der Waals surface area contributed by atoms with E-state index in [9.17, 15) is 9.59 Å². The van der Waals surface area contributed by atoms with E-state index in [1.807, 2.05) is 32.6 Å². The van der Waals surface area contributed by atoms with Crippen molar-refractivity contribution in [3.8, 4) is 0 Å². The lowest BCUT2D eigenvalue weighted by atomic mass is 9.93. The van der Waals surface area contributed by atoms with Gasteiger partial charge in [0.15, 0.2) is 6.10 Å². The fraction of sp³-hybridized carbons (Fsp3) is 0.882. The van der Waals surface area contributed by atoms with Gasteiger partial charge in [-0.15, -0.1) is 0 Å². The number of hydrogen-bond acceptors (Lipinski definition) is 4. The summed E-state index contributed by atoms with van der Waals surface area (Å²) in [6.07, 6.45) is 4.26. The fourth-order valence-corrected chi connectivity index (χ4v) is 3.50. The Morgan fingerprint density at radius 3 is 2.43 bits per heavy atom. The van der Waals surface area contributed by atoms with Gasteiger partial charge in [0.05, 0.1) is 17.7 Å². The molecule has 23 heavy (non-hydrogen) atoms. The smallest absolute Gasteiger partial charge is 0.410 e. The zero-order chi connectivity index (χ0) is 16.8. The van der Waals surface area contributed by atoms with Crippen LogP contribution in [-0.2, 0) is 14.3 Å². The van der Waals surface area contributed by atoms with Gasteiger partial charge in [0.25, 0.3) is 5.91 Å². The van der Waals surface area contributed by atoms with Gasteiger partial charge in [0, 0.05) is 6.54 Å². The predicted octanol–water partition coefficient (Wildman–Crippen LogP) is 2.21. The lowest BCUT2D eigenvalue weighted by Gasteiger charge is -2.41. The number of amides is 2. The number of ether oxygens (including phenoxy) is 2. The predicted molar refractivity (Wildman–Crippen MR) is 85.0 cm³/mol. The van der Waals surface area contributed by atoms with E-state index in [2.05, 4.69) is 5.32 Å². The van der Waals surface area contributed by atoms with Gasteiger partial charge in [0.2, 0.25) is 0 Å². The van der Waals surface area contributed by atoms with Crippen LogP contribution in [0.2, 0.25) is 0 Å². The average molecular weight is 324 g/mol. The zero-order valence-electron chi connectivity index (χ0n) is 14.6. The third-order valence-electron chi connectivity index (χ3n) is 4.90. The topological polar surface area (TPSA) is 71.2 Å². The largest absolute Gasteiger partial charge is 0.444 e. The van der Waals surface area contributed by atoms with E-state index < -0.39 is 5.60 Å². The van der Waals surface area contributed by atoms with Crippen LogP contribution < -0.4 is 5.32 Å². The first-order chi connectivity index (χ1) is 10.7. The second-order valence-electron chi connectivity index (χ2n) is 8.09. The molecule has 6 nitrogen and oxygen atoms in total. The van der Waals surface area contributed by atoms with Crippen LogP contribution in [0, 0.1) is 0 Å². The van der Waals surface area contributed by atoms with Gasteiger partial charge in [-0.05, 0) is 59.8 Å². The molecule has 130 valence electrons. The van der Waals surface area contributed by atoms with Gasteiger partial charge >= 0.3 is 6.09 Å². The molecule has 3 fully saturated rings. The molecule has 2 aliphatic heterocycles. The molecule has 0 aromatic rings. The van der Waals surface area contributed by atoms with Crippen molar-refractivity contribution in [3.63, 3.8) is 0 Å². The van der Waals surface area contributed by atoms with Gasteiger partial charge < -0.3 is 19.7 Å². The molecule has 0 bridgehead atoms. The van der Waals surface area contributed by atoms with Crippen LogP contribution in [0.15, 0.2) is 0 Å². The van der Waals surface area contributed by atoms with Gasteiger partial charge in [-0.2, -0.15) is 0 Å².